The zero-order valence-electron chi connectivity index (χ0n) is 34.1. The van der Waals surface area contributed by atoms with Crippen molar-refractivity contribution in [2.75, 3.05) is 19.8 Å². The molecule has 15 heteroatoms. The van der Waals surface area contributed by atoms with Crippen LogP contribution < -0.4 is 16.0 Å². The fourth-order valence-electron chi connectivity index (χ4n) is 7.77. The molecule has 0 radical (unpaired) electrons. The number of nitrogens with one attached hydrogen (secondary N) is 3. The van der Waals surface area contributed by atoms with Crippen LogP contribution in [0.15, 0.2) is 121 Å². The van der Waals surface area contributed by atoms with Crippen molar-refractivity contribution in [3.8, 4) is 0 Å². The highest BCUT2D eigenvalue weighted by molar-refractivity contribution is 5.77. The molecular formula is C46H53N3O12. The zero-order valence-corrected chi connectivity index (χ0v) is 34.1. The number of aliphatic hydroxyl groups is 1. The standard InChI is InChI=1S/C46H53N3O12/c1-29(51)47-38-42(55-25-32-17-9-4-10-18-32)40(35(58-44(38)49-37(53)23-50)27-54-24-31-15-7-3-8-16-31)61-46-39(48-30(2)52)43(56-26-33-19-11-5-12-20-33)41-36(59-46)28-57-45(60-41)34-21-13-6-14-22-34/h3-22,35-36,38-46,50H,23-28H2,1-2H3,(H,47,51)(H,48,52)(H,49,53)/t35-,36-,38-,39-,40-,41-,42-,43-,44-,45-,46+/m1/s1. The van der Waals surface area contributed by atoms with Crippen molar-refractivity contribution in [3.63, 3.8) is 0 Å². The van der Waals surface area contributed by atoms with E-state index in [2.05, 4.69) is 16.0 Å². The number of fused-ring (bicyclic) bond motifs is 1. The maximum absolute atomic E-state index is 13.1. The molecule has 4 aromatic rings. The minimum absolute atomic E-state index is 0.0640. The third kappa shape index (κ3) is 11.9. The van der Waals surface area contributed by atoms with E-state index >= 15 is 0 Å². The van der Waals surface area contributed by atoms with Gasteiger partial charge in [0.1, 0.15) is 55.3 Å². The smallest absolute Gasteiger partial charge is 0.247 e. The van der Waals surface area contributed by atoms with E-state index in [-0.39, 0.29) is 38.9 Å². The Morgan fingerprint density at radius 1 is 0.639 bits per heavy atom. The van der Waals surface area contributed by atoms with Gasteiger partial charge in [-0.15, -0.1) is 0 Å². The van der Waals surface area contributed by atoms with Crippen molar-refractivity contribution in [1.82, 2.24) is 16.0 Å². The summed E-state index contributed by atoms with van der Waals surface area (Å²) in [5.41, 5.74) is 3.44. The molecule has 4 N–H and O–H groups in total. The number of carbonyl (C=O) groups is 3. The van der Waals surface area contributed by atoms with E-state index in [0.717, 1.165) is 22.3 Å². The third-order valence-electron chi connectivity index (χ3n) is 10.5. The van der Waals surface area contributed by atoms with Crippen LogP contribution in [0, 0.1) is 0 Å². The molecule has 0 unspecified atom stereocenters. The van der Waals surface area contributed by atoms with Crippen molar-refractivity contribution >= 4 is 17.7 Å². The lowest BCUT2D eigenvalue weighted by Crippen LogP contribution is -2.72. The van der Waals surface area contributed by atoms with Gasteiger partial charge in [-0.3, -0.25) is 14.4 Å². The lowest BCUT2D eigenvalue weighted by molar-refractivity contribution is -0.366. The fourth-order valence-corrected chi connectivity index (χ4v) is 7.77. The largest absolute Gasteiger partial charge is 0.387 e. The summed E-state index contributed by atoms with van der Waals surface area (Å²) >= 11 is 0. The Bertz CT molecular complexity index is 1980. The van der Waals surface area contributed by atoms with Crippen LogP contribution in [0.3, 0.4) is 0 Å². The first-order valence-electron chi connectivity index (χ1n) is 20.4. The summed E-state index contributed by atoms with van der Waals surface area (Å²) in [4.78, 5) is 38.7. The third-order valence-corrected chi connectivity index (χ3v) is 10.5. The molecule has 0 spiro atoms. The van der Waals surface area contributed by atoms with E-state index in [0.29, 0.717) is 0 Å². The summed E-state index contributed by atoms with van der Waals surface area (Å²) in [6.07, 6.45) is -8.49. The van der Waals surface area contributed by atoms with Crippen LogP contribution in [-0.2, 0) is 72.1 Å². The van der Waals surface area contributed by atoms with Gasteiger partial charge in [-0.25, -0.2) is 0 Å². The summed E-state index contributed by atoms with van der Waals surface area (Å²) < 4.78 is 52.8. The van der Waals surface area contributed by atoms with Gasteiger partial charge >= 0.3 is 0 Å². The molecule has 0 aliphatic carbocycles. The first kappa shape index (κ1) is 44.0. The number of benzene rings is 4. The average Bonchev–Trinajstić information content (AvgIpc) is 3.28. The number of rotatable bonds is 17. The quantitative estimate of drug-likeness (QED) is 0.122. The second-order valence-electron chi connectivity index (χ2n) is 15.1. The Labute approximate surface area is 354 Å². The normalized spacial score (nSPS) is 28.5. The molecule has 3 aliphatic rings. The van der Waals surface area contributed by atoms with Crippen LogP contribution in [0.1, 0.15) is 42.4 Å². The van der Waals surface area contributed by atoms with Crippen molar-refractivity contribution < 1.29 is 57.4 Å². The van der Waals surface area contributed by atoms with E-state index in [9.17, 15) is 19.5 Å². The average molecular weight is 840 g/mol. The summed E-state index contributed by atoms with van der Waals surface area (Å²) in [5.74, 6) is -1.54. The van der Waals surface area contributed by atoms with E-state index in [4.69, 9.17) is 37.9 Å². The van der Waals surface area contributed by atoms with E-state index < -0.39 is 85.9 Å². The van der Waals surface area contributed by atoms with Crippen LogP contribution in [0.25, 0.3) is 0 Å². The van der Waals surface area contributed by atoms with Gasteiger partial charge in [-0.05, 0) is 16.7 Å². The zero-order chi connectivity index (χ0) is 42.6. The maximum Gasteiger partial charge on any atom is 0.247 e. The van der Waals surface area contributed by atoms with Gasteiger partial charge in [-0.2, -0.15) is 0 Å². The number of ether oxygens (including phenoxy) is 8. The number of hydrogen-bond acceptors (Lipinski definition) is 12. The lowest BCUT2D eigenvalue weighted by Gasteiger charge is -2.52. The van der Waals surface area contributed by atoms with Gasteiger partial charge in [0.25, 0.3) is 0 Å². The van der Waals surface area contributed by atoms with Gasteiger partial charge in [0.2, 0.25) is 17.7 Å². The molecule has 0 aromatic heterocycles. The van der Waals surface area contributed by atoms with Crippen molar-refractivity contribution in [3.05, 3.63) is 144 Å². The van der Waals surface area contributed by atoms with E-state index in [1.807, 2.05) is 121 Å². The molecule has 0 bridgehead atoms. The minimum atomic E-state index is -1.22. The molecule has 3 fully saturated rings. The predicted molar refractivity (Wildman–Crippen MR) is 219 cm³/mol. The van der Waals surface area contributed by atoms with Crippen LogP contribution in [0.4, 0.5) is 0 Å². The highest BCUT2D eigenvalue weighted by atomic mass is 16.8. The monoisotopic (exact) mass is 839 g/mol. The molecule has 324 valence electrons. The highest BCUT2D eigenvalue weighted by Crippen LogP contribution is 2.38. The van der Waals surface area contributed by atoms with Crippen molar-refractivity contribution in [2.24, 2.45) is 0 Å². The Kier molecular flexibility index (Phi) is 15.6. The number of amides is 3. The van der Waals surface area contributed by atoms with Gasteiger partial charge in [-0.1, -0.05) is 121 Å². The molecule has 11 atom stereocenters. The topological polar surface area (TPSA) is 181 Å². The Morgan fingerprint density at radius 3 is 1.75 bits per heavy atom. The Balaban J connectivity index is 1.25. The second kappa shape index (κ2) is 21.6. The molecule has 3 heterocycles. The lowest BCUT2D eigenvalue weighted by atomic mass is 9.93. The SMILES string of the molecule is CC(=O)N[C@@H]1[C@@H](OCc2ccccc2)[C@H](O[C@@H]2O[C@@H]3CO[C@@H](c4ccccc4)O[C@H]3[C@H](OCc3ccccc3)[C@H]2NC(C)=O)[C@@H](COCc2ccccc2)O[C@H]1NC(=O)CO. The van der Waals surface area contributed by atoms with Crippen LogP contribution in [0.5, 0.6) is 0 Å². The van der Waals surface area contributed by atoms with Crippen LogP contribution in [0.2, 0.25) is 0 Å². The number of hydrogen-bond donors (Lipinski definition) is 4. The predicted octanol–water partition coefficient (Wildman–Crippen LogP) is 3.44. The fraction of sp³-hybridized carbons (Fsp3) is 0.413. The summed E-state index contributed by atoms with van der Waals surface area (Å²) in [6.45, 7) is 2.42. The summed E-state index contributed by atoms with van der Waals surface area (Å²) in [7, 11) is 0. The first-order chi connectivity index (χ1) is 29.7. The molecule has 7 rings (SSSR count). The van der Waals surface area contributed by atoms with Crippen molar-refractivity contribution in [1.29, 1.82) is 0 Å². The summed E-state index contributed by atoms with van der Waals surface area (Å²) in [5, 5.41) is 18.4. The van der Waals surface area contributed by atoms with Gasteiger partial charge in [0, 0.05) is 19.4 Å². The first-order valence-corrected chi connectivity index (χ1v) is 20.4. The van der Waals surface area contributed by atoms with Gasteiger partial charge in [0.05, 0.1) is 33.0 Å². The molecular weight excluding hydrogens is 787 g/mol. The van der Waals surface area contributed by atoms with Gasteiger partial charge in [0.15, 0.2) is 18.8 Å². The van der Waals surface area contributed by atoms with Crippen LogP contribution >= 0.6 is 0 Å². The van der Waals surface area contributed by atoms with E-state index in [1.54, 1.807) is 0 Å². The molecule has 61 heavy (non-hydrogen) atoms. The molecule has 15 nitrogen and oxygen atoms in total. The molecule has 3 amide bonds. The van der Waals surface area contributed by atoms with Gasteiger partial charge < -0.3 is 59.0 Å². The molecule has 0 saturated carbocycles. The highest BCUT2D eigenvalue weighted by Gasteiger charge is 2.55. The molecule has 3 aliphatic heterocycles. The second-order valence-corrected chi connectivity index (χ2v) is 15.1. The minimum Gasteiger partial charge on any atom is -0.387 e. The Morgan fingerprint density at radius 2 is 1.18 bits per heavy atom. The number of carbonyl (C=O) groups excluding carboxylic acids is 3. The number of aliphatic hydroxyl groups excluding tert-OH is 1. The summed E-state index contributed by atoms with van der Waals surface area (Å²) in [6, 6.07) is 36.2. The van der Waals surface area contributed by atoms with Crippen molar-refractivity contribution in [2.45, 2.75) is 101 Å². The maximum atomic E-state index is 13.1. The van der Waals surface area contributed by atoms with Crippen LogP contribution in [-0.4, -0.2) is 104 Å². The Hall–Kier alpha value is -5.07. The molecule has 4 aromatic carbocycles. The van der Waals surface area contributed by atoms with E-state index in [1.165, 1.54) is 13.8 Å². The molecule has 3 saturated heterocycles.